The summed E-state index contributed by atoms with van der Waals surface area (Å²) in [5.41, 5.74) is 5.46. The van der Waals surface area contributed by atoms with Crippen LogP contribution in [0.3, 0.4) is 0 Å². The number of thiophene rings is 1. The first-order chi connectivity index (χ1) is 14.0. The van der Waals surface area contributed by atoms with Gasteiger partial charge in [0.15, 0.2) is 0 Å². The van der Waals surface area contributed by atoms with Crippen LogP contribution < -0.4 is 5.32 Å². The molecule has 0 atom stereocenters. The summed E-state index contributed by atoms with van der Waals surface area (Å²) in [5.74, 6) is 0. The quantitative estimate of drug-likeness (QED) is 0.204. The van der Waals surface area contributed by atoms with E-state index < -0.39 is 0 Å². The van der Waals surface area contributed by atoms with Gasteiger partial charge in [0, 0.05) is 27.2 Å². The average molecular weight is 421 g/mol. The number of nitrogens with one attached hydrogen (secondary N) is 1. The number of rotatable bonds is 4. The molecule has 0 saturated carbocycles. The van der Waals surface area contributed by atoms with Crippen LogP contribution in [0, 0.1) is 20.8 Å². The van der Waals surface area contributed by atoms with Gasteiger partial charge in [-0.3, -0.25) is 0 Å². The van der Waals surface area contributed by atoms with Crippen LogP contribution in [-0.4, -0.2) is 10.9 Å². The van der Waals surface area contributed by atoms with Gasteiger partial charge in [-0.1, -0.05) is 58.7 Å². The zero-order chi connectivity index (χ0) is 20.5. The highest BCUT2D eigenvalue weighted by Gasteiger charge is 2.19. The van der Waals surface area contributed by atoms with Crippen molar-refractivity contribution in [2.24, 2.45) is 5.16 Å². The number of para-hydroxylation sites is 1. The lowest BCUT2D eigenvalue weighted by Gasteiger charge is -2.12. The molecule has 3 nitrogen and oxygen atoms in total. The standard InChI is InChI=1S/C24H21ClN2OS/c1-14-8-10-18-20(12-14)16(3)29-24(18)23(27-28)19-11-9-17(13-21(19)25)26-22-7-5-4-6-15(22)2/h4-13,26,28H,1-3H3. The minimum Gasteiger partial charge on any atom is -0.410 e. The fraction of sp³-hybridized carbons (Fsp3) is 0.125. The average Bonchev–Trinajstić information content (AvgIpc) is 3.02. The van der Waals surface area contributed by atoms with Crippen LogP contribution in [0.2, 0.25) is 5.02 Å². The lowest BCUT2D eigenvalue weighted by molar-refractivity contribution is 0.320. The molecule has 1 heterocycles. The van der Waals surface area contributed by atoms with Gasteiger partial charge in [0.1, 0.15) is 5.71 Å². The van der Waals surface area contributed by atoms with Crippen molar-refractivity contribution in [3.8, 4) is 0 Å². The van der Waals surface area contributed by atoms with Crippen molar-refractivity contribution < 1.29 is 5.21 Å². The van der Waals surface area contributed by atoms with Crippen molar-refractivity contribution >= 4 is 50.8 Å². The van der Waals surface area contributed by atoms with Crippen molar-refractivity contribution in [1.82, 2.24) is 0 Å². The molecular formula is C24H21ClN2OS. The minimum absolute atomic E-state index is 0.490. The second-order valence-corrected chi connectivity index (χ2v) is 8.75. The van der Waals surface area contributed by atoms with Gasteiger partial charge in [-0.15, -0.1) is 11.3 Å². The number of hydrogen-bond acceptors (Lipinski definition) is 4. The topological polar surface area (TPSA) is 44.6 Å². The number of anilines is 2. The second-order valence-electron chi connectivity index (χ2n) is 7.12. The van der Waals surface area contributed by atoms with Gasteiger partial charge in [0.05, 0.1) is 9.90 Å². The normalized spacial score (nSPS) is 11.8. The number of fused-ring (bicyclic) bond motifs is 1. The molecule has 4 aromatic rings. The van der Waals surface area contributed by atoms with Crippen LogP contribution >= 0.6 is 22.9 Å². The molecule has 0 fully saturated rings. The van der Waals surface area contributed by atoms with Crippen molar-refractivity contribution in [3.63, 3.8) is 0 Å². The van der Waals surface area contributed by atoms with Crippen LogP contribution in [0.4, 0.5) is 11.4 Å². The minimum atomic E-state index is 0.490. The Bertz CT molecular complexity index is 1240. The van der Waals surface area contributed by atoms with E-state index in [0.717, 1.165) is 27.2 Å². The van der Waals surface area contributed by atoms with E-state index in [0.29, 0.717) is 16.3 Å². The predicted octanol–water partition coefficient (Wildman–Crippen LogP) is 7.45. The van der Waals surface area contributed by atoms with E-state index in [9.17, 15) is 5.21 Å². The zero-order valence-corrected chi connectivity index (χ0v) is 18.0. The van der Waals surface area contributed by atoms with Gasteiger partial charge in [0.25, 0.3) is 0 Å². The molecule has 4 rings (SSSR count). The Hall–Kier alpha value is -2.82. The Balaban J connectivity index is 1.73. The third-order valence-corrected chi connectivity index (χ3v) is 6.47. The Morgan fingerprint density at radius 1 is 0.966 bits per heavy atom. The van der Waals surface area contributed by atoms with Crippen molar-refractivity contribution in [2.75, 3.05) is 5.32 Å². The molecule has 0 amide bonds. The van der Waals surface area contributed by atoms with Gasteiger partial charge >= 0.3 is 0 Å². The molecule has 5 heteroatoms. The van der Waals surface area contributed by atoms with Gasteiger partial charge in [0.2, 0.25) is 0 Å². The molecule has 0 unspecified atom stereocenters. The van der Waals surface area contributed by atoms with Crippen LogP contribution in [0.5, 0.6) is 0 Å². The Morgan fingerprint density at radius 3 is 2.48 bits per heavy atom. The zero-order valence-electron chi connectivity index (χ0n) is 16.5. The first-order valence-corrected chi connectivity index (χ1v) is 10.5. The summed E-state index contributed by atoms with van der Waals surface area (Å²) in [5, 5.41) is 19.6. The van der Waals surface area contributed by atoms with Crippen LogP contribution in [-0.2, 0) is 0 Å². The van der Waals surface area contributed by atoms with Gasteiger partial charge in [-0.25, -0.2) is 0 Å². The molecule has 29 heavy (non-hydrogen) atoms. The molecule has 0 aliphatic carbocycles. The number of aryl methyl sites for hydroxylation is 3. The third kappa shape index (κ3) is 3.74. The molecule has 0 aliphatic heterocycles. The molecule has 0 radical (unpaired) electrons. The molecule has 0 bridgehead atoms. The van der Waals surface area contributed by atoms with Crippen LogP contribution in [0.25, 0.3) is 10.8 Å². The number of benzene rings is 3. The lowest BCUT2D eigenvalue weighted by Crippen LogP contribution is -2.03. The smallest absolute Gasteiger partial charge is 0.129 e. The van der Waals surface area contributed by atoms with E-state index >= 15 is 0 Å². The van der Waals surface area contributed by atoms with E-state index in [4.69, 9.17) is 11.6 Å². The number of oxime groups is 1. The highest BCUT2D eigenvalue weighted by molar-refractivity contribution is 7.16. The first-order valence-electron chi connectivity index (χ1n) is 9.32. The summed E-state index contributed by atoms with van der Waals surface area (Å²) in [4.78, 5) is 2.11. The lowest BCUT2D eigenvalue weighted by atomic mass is 10.0. The van der Waals surface area contributed by atoms with Gasteiger partial charge in [-0.2, -0.15) is 0 Å². The molecule has 3 aromatic carbocycles. The van der Waals surface area contributed by atoms with E-state index in [1.165, 1.54) is 15.8 Å². The molecule has 0 aliphatic rings. The first kappa shape index (κ1) is 19.5. The summed E-state index contributed by atoms with van der Waals surface area (Å²) in [6.45, 7) is 6.22. The second kappa shape index (κ2) is 7.90. The summed E-state index contributed by atoms with van der Waals surface area (Å²) in [7, 11) is 0. The molecule has 0 spiro atoms. The van der Waals surface area contributed by atoms with Crippen LogP contribution in [0.1, 0.15) is 26.4 Å². The summed E-state index contributed by atoms with van der Waals surface area (Å²) in [6.07, 6.45) is 0. The monoisotopic (exact) mass is 420 g/mol. The van der Waals surface area contributed by atoms with E-state index in [1.807, 2.05) is 36.4 Å². The van der Waals surface area contributed by atoms with Crippen molar-refractivity contribution in [2.45, 2.75) is 20.8 Å². The summed E-state index contributed by atoms with van der Waals surface area (Å²) < 4.78 is 0. The van der Waals surface area contributed by atoms with Crippen molar-refractivity contribution in [3.05, 3.63) is 92.1 Å². The van der Waals surface area contributed by atoms with E-state index in [-0.39, 0.29) is 0 Å². The fourth-order valence-electron chi connectivity index (χ4n) is 3.46. The van der Waals surface area contributed by atoms with Crippen LogP contribution in [0.15, 0.2) is 65.8 Å². The molecular weight excluding hydrogens is 400 g/mol. The maximum Gasteiger partial charge on any atom is 0.129 e. The highest BCUT2D eigenvalue weighted by atomic mass is 35.5. The number of hydrogen-bond donors (Lipinski definition) is 2. The number of halogens is 1. The van der Waals surface area contributed by atoms with E-state index in [1.54, 1.807) is 11.3 Å². The molecule has 2 N–H and O–H groups in total. The molecule has 0 saturated heterocycles. The molecule has 1 aromatic heterocycles. The maximum absolute atomic E-state index is 9.84. The Kier molecular flexibility index (Phi) is 5.31. The third-order valence-electron chi connectivity index (χ3n) is 5.02. The van der Waals surface area contributed by atoms with Gasteiger partial charge in [-0.05, 0) is 56.0 Å². The van der Waals surface area contributed by atoms with E-state index in [2.05, 4.69) is 55.5 Å². The maximum atomic E-state index is 9.84. The largest absolute Gasteiger partial charge is 0.410 e. The highest BCUT2D eigenvalue weighted by Crippen LogP contribution is 2.35. The summed E-state index contributed by atoms with van der Waals surface area (Å²) >= 11 is 8.23. The fourth-order valence-corrected chi connectivity index (χ4v) is 4.85. The Morgan fingerprint density at radius 2 is 1.76 bits per heavy atom. The Labute approximate surface area is 179 Å². The van der Waals surface area contributed by atoms with Crippen molar-refractivity contribution in [1.29, 1.82) is 0 Å². The predicted molar refractivity (Wildman–Crippen MR) is 125 cm³/mol. The molecule has 146 valence electrons. The number of nitrogens with zero attached hydrogens (tertiary/aromatic N) is 1. The summed E-state index contributed by atoms with van der Waals surface area (Å²) in [6, 6.07) is 20.1. The SMILES string of the molecule is Cc1ccc2c(C(=NO)c3ccc(Nc4ccccc4C)cc3Cl)sc(C)c2c1. The van der Waals surface area contributed by atoms with Gasteiger partial charge < -0.3 is 10.5 Å².